The summed E-state index contributed by atoms with van der Waals surface area (Å²) < 4.78 is 26.7. The van der Waals surface area contributed by atoms with Crippen molar-refractivity contribution in [3.8, 4) is 0 Å². The molecule has 0 bridgehead atoms. The summed E-state index contributed by atoms with van der Waals surface area (Å²) in [5.41, 5.74) is 3.69. The third kappa shape index (κ3) is 2.41. The summed E-state index contributed by atoms with van der Waals surface area (Å²) in [4.78, 5) is 22.6. The molecule has 0 heterocycles. The van der Waals surface area contributed by atoms with Gasteiger partial charge in [0.25, 0.3) is 0 Å². The van der Waals surface area contributed by atoms with Crippen LogP contribution in [0.25, 0.3) is 0 Å². The lowest BCUT2D eigenvalue weighted by Crippen LogP contribution is -2.31. The predicted octanol–water partition coefficient (Wildman–Crippen LogP) is 1.34. The fourth-order valence-electron chi connectivity index (χ4n) is 1.74. The van der Waals surface area contributed by atoms with Gasteiger partial charge in [0.05, 0.1) is 16.7 Å². The van der Waals surface area contributed by atoms with Crippen LogP contribution >= 0.6 is 0 Å². The topological polar surface area (TPSA) is 92.4 Å². The van der Waals surface area contributed by atoms with Gasteiger partial charge in [-0.2, -0.15) is 0 Å². The van der Waals surface area contributed by atoms with Crippen LogP contribution in [0.5, 0.6) is 0 Å². The lowest BCUT2D eigenvalue weighted by molar-refractivity contribution is -0.120. The molecule has 1 amide bonds. The lowest BCUT2D eigenvalue weighted by Gasteiger charge is -2.13. The number of nitrogens with one attached hydrogen (secondary N) is 1. The first-order valence-electron chi connectivity index (χ1n) is 5.63. The molecule has 1 saturated carbocycles. The summed E-state index contributed by atoms with van der Waals surface area (Å²) >= 11 is 0. The SMILES string of the molecule is NCC1(C(=O)Nc2cc(C(=O)O)c(F)cc2F)CC1. The Balaban J connectivity index is 2.28. The average molecular weight is 270 g/mol. The van der Waals surface area contributed by atoms with Gasteiger partial charge in [-0.25, -0.2) is 13.6 Å². The third-order valence-corrected chi connectivity index (χ3v) is 3.26. The molecule has 102 valence electrons. The minimum absolute atomic E-state index is 0.132. The maximum Gasteiger partial charge on any atom is 0.338 e. The first kappa shape index (κ1) is 13.4. The van der Waals surface area contributed by atoms with Crippen LogP contribution in [-0.4, -0.2) is 23.5 Å². The molecule has 19 heavy (non-hydrogen) atoms. The summed E-state index contributed by atoms with van der Waals surface area (Å²) in [6, 6.07) is 1.19. The van der Waals surface area contributed by atoms with Crippen LogP contribution in [0.1, 0.15) is 23.2 Å². The maximum absolute atomic E-state index is 13.5. The van der Waals surface area contributed by atoms with Gasteiger partial charge in [-0.1, -0.05) is 0 Å². The highest BCUT2D eigenvalue weighted by Crippen LogP contribution is 2.45. The number of hydrogen-bond acceptors (Lipinski definition) is 3. The van der Waals surface area contributed by atoms with E-state index in [0.29, 0.717) is 18.9 Å². The Bertz CT molecular complexity index is 556. The van der Waals surface area contributed by atoms with Crippen LogP contribution < -0.4 is 11.1 Å². The highest BCUT2D eigenvalue weighted by atomic mass is 19.1. The van der Waals surface area contributed by atoms with Crippen molar-refractivity contribution >= 4 is 17.6 Å². The molecule has 1 aliphatic carbocycles. The number of rotatable bonds is 4. The van der Waals surface area contributed by atoms with Crippen LogP contribution in [0.15, 0.2) is 12.1 Å². The molecule has 2 rings (SSSR count). The van der Waals surface area contributed by atoms with Crippen molar-refractivity contribution < 1.29 is 23.5 Å². The number of hydrogen-bond donors (Lipinski definition) is 3. The van der Waals surface area contributed by atoms with Gasteiger partial charge in [0, 0.05) is 12.6 Å². The largest absolute Gasteiger partial charge is 0.478 e. The van der Waals surface area contributed by atoms with Gasteiger partial charge in [0.2, 0.25) is 5.91 Å². The number of nitrogens with two attached hydrogens (primary N) is 1. The second kappa shape index (κ2) is 4.58. The Hall–Kier alpha value is -2.02. The molecule has 5 nitrogen and oxygen atoms in total. The fourth-order valence-corrected chi connectivity index (χ4v) is 1.74. The molecule has 0 saturated heterocycles. The Morgan fingerprint density at radius 1 is 1.32 bits per heavy atom. The third-order valence-electron chi connectivity index (χ3n) is 3.26. The summed E-state index contributed by atoms with van der Waals surface area (Å²) in [5.74, 6) is -4.23. The molecule has 0 radical (unpaired) electrons. The number of carbonyl (C=O) groups excluding carboxylic acids is 1. The van der Waals surface area contributed by atoms with Gasteiger partial charge in [0.1, 0.15) is 11.6 Å². The van der Waals surface area contributed by atoms with E-state index in [9.17, 15) is 18.4 Å². The molecule has 1 fully saturated rings. The smallest absolute Gasteiger partial charge is 0.338 e. The molecule has 7 heteroatoms. The zero-order valence-electron chi connectivity index (χ0n) is 9.87. The average Bonchev–Trinajstić information content (AvgIpc) is 3.12. The van der Waals surface area contributed by atoms with Crippen molar-refractivity contribution in [2.45, 2.75) is 12.8 Å². The molecule has 0 atom stereocenters. The number of amides is 1. The van der Waals surface area contributed by atoms with Gasteiger partial charge in [-0.3, -0.25) is 4.79 Å². The van der Waals surface area contributed by atoms with Crippen molar-refractivity contribution in [1.29, 1.82) is 0 Å². The van der Waals surface area contributed by atoms with E-state index in [4.69, 9.17) is 10.8 Å². The minimum atomic E-state index is -1.53. The molecule has 0 unspecified atom stereocenters. The first-order valence-corrected chi connectivity index (χ1v) is 5.63. The number of carboxylic acids is 1. The summed E-state index contributed by atoms with van der Waals surface area (Å²) in [6.07, 6.45) is 1.20. The Morgan fingerprint density at radius 2 is 1.95 bits per heavy atom. The standard InChI is InChI=1S/C12H12F2N2O3/c13-7-4-8(14)9(3-6(7)10(17)18)16-11(19)12(5-15)1-2-12/h3-4H,1-2,5,15H2,(H,16,19)(H,17,18). The van der Waals surface area contributed by atoms with E-state index >= 15 is 0 Å². The van der Waals surface area contributed by atoms with Crippen LogP contribution in [0.4, 0.5) is 14.5 Å². The number of benzene rings is 1. The summed E-state index contributed by atoms with van der Waals surface area (Å²) in [7, 11) is 0. The minimum Gasteiger partial charge on any atom is -0.478 e. The number of anilines is 1. The quantitative estimate of drug-likeness (QED) is 0.769. The zero-order chi connectivity index (χ0) is 14.2. The van der Waals surface area contributed by atoms with Crippen molar-refractivity contribution in [2.24, 2.45) is 11.1 Å². The van der Waals surface area contributed by atoms with E-state index in [1.54, 1.807) is 0 Å². The van der Waals surface area contributed by atoms with Crippen LogP contribution in [-0.2, 0) is 4.79 Å². The molecular formula is C12H12F2N2O3. The monoisotopic (exact) mass is 270 g/mol. The molecule has 1 aromatic rings. The number of carbonyl (C=O) groups is 2. The molecule has 0 spiro atoms. The van der Waals surface area contributed by atoms with Crippen molar-refractivity contribution in [3.63, 3.8) is 0 Å². The van der Waals surface area contributed by atoms with Crippen molar-refractivity contribution in [3.05, 3.63) is 29.3 Å². The normalized spacial score (nSPS) is 15.9. The number of halogens is 2. The van der Waals surface area contributed by atoms with Crippen LogP contribution in [0.3, 0.4) is 0 Å². The number of carboxylic acid groups (broad SMARTS) is 1. The van der Waals surface area contributed by atoms with E-state index in [1.165, 1.54) is 0 Å². The van der Waals surface area contributed by atoms with E-state index in [1.807, 2.05) is 0 Å². The van der Waals surface area contributed by atoms with Gasteiger partial charge in [-0.15, -0.1) is 0 Å². The predicted molar refractivity (Wildman–Crippen MR) is 62.7 cm³/mol. The maximum atomic E-state index is 13.5. The second-order valence-corrected chi connectivity index (χ2v) is 4.56. The van der Waals surface area contributed by atoms with E-state index < -0.39 is 34.5 Å². The first-order chi connectivity index (χ1) is 8.89. The highest BCUT2D eigenvalue weighted by molar-refractivity contribution is 5.98. The van der Waals surface area contributed by atoms with Crippen LogP contribution in [0, 0.1) is 17.0 Å². The molecule has 4 N–H and O–H groups in total. The van der Waals surface area contributed by atoms with Gasteiger partial charge in [0.15, 0.2) is 0 Å². The van der Waals surface area contributed by atoms with Crippen LogP contribution in [0.2, 0.25) is 0 Å². The highest BCUT2D eigenvalue weighted by Gasteiger charge is 2.48. The van der Waals surface area contributed by atoms with Crippen molar-refractivity contribution in [1.82, 2.24) is 0 Å². The van der Waals surface area contributed by atoms with Gasteiger partial charge < -0.3 is 16.2 Å². The number of aromatic carboxylic acids is 1. The molecule has 1 aromatic carbocycles. The Kier molecular flexibility index (Phi) is 3.23. The molecule has 1 aliphatic rings. The molecular weight excluding hydrogens is 258 g/mol. The van der Waals surface area contributed by atoms with Gasteiger partial charge in [-0.05, 0) is 18.9 Å². The summed E-state index contributed by atoms with van der Waals surface area (Å²) in [5, 5.41) is 11.0. The second-order valence-electron chi connectivity index (χ2n) is 4.56. The van der Waals surface area contributed by atoms with Crippen molar-refractivity contribution in [2.75, 3.05) is 11.9 Å². The van der Waals surface area contributed by atoms with E-state index in [2.05, 4.69) is 5.32 Å². The van der Waals surface area contributed by atoms with E-state index in [-0.39, 0.29) is 12.2 Å². The molecule has 0 aliphatic heterocycles. The lowest BCUT2D eigenvalue weighted by atomic mass is 10.1. The summed E-state index contributed by atoms with van der Waals surface area (Å²) in [6.45, 7) is 0.132. The fraction of sp³-hybridized carbons (Fsp3) is 0.333. The van der Waals surface area contributed by atoms with E-state index in [0.717, 1.165) is 6.07 Å². The Morgan fingerprint density at radius 3 is 2.42 bits per heavy atom. The Labute approximate surface area is 107 Å². The molecule has 0 aromatic heterocycles. The van der Waals surface area contributed by atoms with Gasteiger partial charge >= 0.3 is 5.97 Å². The zero-order valence-corrected chi connectivity index (χ0v) is 9.87.